The van der Waals surface area contributed by atoms with Gasteiger partial charge in [-0.25, -0.2) is 0 Å². The number of hydrogen-bond donors (Lipinski definition) is 1. The highest BCUT2D eigenvalue weighted by Gasteiger charge is 2.27. The van der Waals surface area contributed by atoms with Gasteiger partial charge in [0.15, 0.2) is 0 Å². The molecule has 1 amide bonds. The maximum atomic E-state index is 12.3. The Morgan fingerprint density at radius 2 is 2.23 bits per heavy atom. The Morgan fingerprint density at radius 1 is 1.42 bits per heavy atom. The molecule has 7 nitrogen and oxygen atoms in total. The molecule has 0 radical (unpaired) electrons. The lowest BCUT2D eigenvalue weighted by atomic mass is 10.1. The van der Waals surface area contributed by atoms with E-state index in [9.17, 15) is 4.79 Å². The molecule has 1 N–H and O–H groups in total. The van der Waals surface area contributed by atoms with Crippen LogP contribution in [0.15, 0.2) is 12.1 Å². The molecule has 140 valence electrons. The van der Waals surface area contributed by atoms with Crippen molar-refractivity contribution in [2.75, 3.05) is 25.0 Å². The minimum Gasteiger partial charge on any atom is -0.368 e. The number of nitrogens with zero attached hydrogens (tertiary/aromatic N) is 4. The van der Waals surface area contributed by atoms with Crippen molar-refractivity contribution >= 4 is 28.1 Å². The number of nitrogens with one attached hydrogen (secondary N) is 1. The summed E-state index contributed by atoms with van der Waals surface area (Å²) in [5.74, 6) is 0.145. The molecule has 2 aromatic rings. The second-order valence-electron chi connectivity index (χ2n) is 6.70. The largest absolute Gasteiger partial charge is 0.368 e. The third-order valence-corrected chi connectivity index (χ3v) is 5.18. The number of aryl methyl sites for hydroxylation is 2. The van der Waals surface area contributed by atoms with Crippen molar-refractivity contribution in [1.29, 1.82) is 0 Å². The second kappa shape index (κ2) is 8.09. The number of ether oxygens (including phenoxy) is 1. The Hall–Kier alpha value is -2.06. The van der Waals surface area contributed by atoms with Crippen molar-refractivity contribution in [2.24, 2.45) is 5.92 Å². The molecule has 0 spiro atoms. The Labute approximate surface area is 157 Å². The first-order valence-electron chi connectivity index (χ1n) is 8.94. The van der Waals surface area contributed by atoms with Gasteiger partial charge in [-0.1, -0.05) is 32.1 Å². The van der Waals surface area contributed by atoms with Gasteiger partial charge in [0.1, 0.15) is 11.1 Å². The molecular weight excluding hydrogens is 350 g/mol. The second-order valence-corrected chi connectivity index (χ2v) is 7.76. The molecule has 0 aliphatic carbocycles. The van der Waals surface area contributed by atoms with Crippen molar-refractivity contribution in [2.45, 2.75) is 40.2 Å². The lowest BCUT2D eigenvalue weighted by Crippen LogP contribution is -2.44. The number of pyridine rings is 1. The van der Waals surface area contributed by atoms with E-state index in [-0.39, 0.29) is 17.9 Å². The molecule has 2 aromatic heterocycles. The van der Waals surface area contributed by atoms with Gasteiger partial charge >= 0.3 is 0 Å². The van der Waals surface area contributed by atoms with Crippen LogP contribution in [0.2, 0.25) is 0 Å². The van der Waals surface area contributed by atoms with Crippen LogP contribution in [0.5, 0.6) is 0 Å². The minimum atomic E-state index is -0.215. The first-order valence-corrected chi connectivity index (χ1v) is 9.76. The summed E-state index contributed by atoms with van der Waals surface area (Å²) in [4.78, 5) is 18.8. The van der Waals surface area contributed by atoms with Crippen LogP contribution in [0, 0.1) is 12.8 Å². The number of anilines is 2. The lowest BCUT2D eigenvalue weighted by Gasteiger charge is -2.34. The summed E-state index contributed by atoms with van der Waals surface area (Å²) in [5.41, 5.74) is 2.62. The van der Waals surface area contributed by atoms with Crippen LogP contribution in [0.1, 0.15) is 43.3 Å². The van der Waals surface area contributed by atoms with Crippen molar-refractivity contribution in [3.8, 4) is 0 Å². The van der Waals surface area contributed by atoms with Crippen LogP contribution in [0.4, 0.5) is 10.8 Å². The maximum absolute atomic E-state index is 12.3. The highest BCUT2D eigenvalue weighted by molar-refractivity contribution is 7.15. The number of rotatable bonds is 5. The molecule has 1 fully saturated rings. The zero-order valence-electron chi connectivity index (χ0n) is 15.7. The third kappa shape index (κ3) is 4.37. The van der Waals surface area contributed by atoms with E-state index in [4.69, 9.17) is 4.74 Å². The zero-order valence-corrected chi connectivity index (χ0v) is 16.5. The van der Waals surface area contributed by atoms with Gasteiger partial charge in [0.2, 0.25) is 11.0 Å². The Bertz CT molecular complexity index is 777. The monoisotopic (exact) mass is 375 g/mol. The molecule has 3 heterocycles. The van der Waals surface area contributed by atoms with E-state index in [2.05, 4.69) is 27.4 Å². The molecule has 3 rings (SSSR count). The summed E-state index contributed by atoms with van der Waals surface area (Å²) in [6, 6.07) is 3.93. The van der Waals surface area contributed by atoms with Crippen LogP contribution < -0.4 is 5.32 Å². The predicted octanol–water partition coefficient (Wildman–Crippen LogP) is 3.10. The highest BCUT2D eigenvalue weighted by atomic mass is 32.1. The average molecular weight is 375 g/mol. The molecule has 0 saturated carbocycles. The molecule has 0 aromatic carbocycles. The molecular formula is C18H25N5O2S. The van der Waals surface area contributed by atoms with Gasteiger partial charge < -0.3 is 15.0 Å². The van der Waals surface area contributed by atoms with E-state index in [1.54, 1.807) is 11.3 Å². The number of amides is 1. The molecule has 1 atom stereocenters. The van der Waals surface area contributed by atoms with Crippen molar-refractivity contribution in [3.63, 3.8) is 0 Å². The highest BCUT2D eigenvalue weighted by Crippen LogP contribution is 2.27. The summed E-state index contributed by atoms with van der Waals surface area (Å²) in [5, 5.41) is 13.4. The molecule has 1 aliphatic heterocycles. The first-order chi connectivity index (χ1) is 12.5. The standard InChI is InChI=1S/C18H25N5O2S/c1-5-16-21-22-18(26-16)20-13-8-12(4)19-14(9-13)15-10-23(6-7-25-15)17(24)11(2)3/h8-9,11,15H,5-7,10H2,1-4H3,(H,19,20,22)/t15-/m0/s1. The molecule has 26 heavy (non-hydrogen) atoms. The molecule has 0 unspecified atom stereocenters. The Morgan fingerprint density at radius 3 is 2.92 bits per heavy atom. The number of morpholine rings is 1. The summed E-state index contributed by atoms with van der Waals surface area (Å²) in [6.45, 7) is 9.55. The summed E-state index contributed by atoms with van der Waals surface area (Å²) < 4.78 is 5.90. The Balaban J connectivity index is 1.77. The van der Waals surface area contributed by atoms with E-state index < -0.39 is 0 Å². The van der Waals surface area contributed by atoms with Crippen LogP contribution >= 0.6 is 11.3 Å². The Kier molecular flexibility index (Phi) is 5.83. The van der Waals surface area contributed by atoms with Gasteiger partial charge in [-0.2, -0.15) is 0 Å². The van der Waals surface area contributed by atoms with Crippen LogP contribution in [-0.2, 0) is 16.0 Å². The summed E-state index contributed by atoms with van der Waals surface area (Å²) >= 11 is 1.54. The van der Waals surface area contributed by atoms with E-state index >= 15 is 0 Å². The van der Waals surface area contributed by atoms with Crippen molar-refractivity contribution in [1.82, 2.24) is 20.1 Å². The van der Waals surface area contributed by atoms with E-state index in [1.807, 2.05) is 37.8 Å². The number of carbonyl (C=O) groups is 1. The number of hydrogen-bond acceptors (Lipinski definition) is 7. The van der Waals surface area contributed by atoms with Crippen molar-refractivity contribution in [3.05, 3.63) is 28.5 Å². The lowest BCUT2D eigenvalue weighted by molar-refractivity contribution is -0.142. The van der Waals surface area contributed by atoms with E-state index in [1.165, 1.54) is 0 Å². The molecule has 1 aliphatic rings. The average Bonchev–Trinajstić information content (AvgIpc) is 3.08. The van der Waals surface area contributed by atoms with E-state index in [0.29, 0.717) is 19.7 Å². The van der Waals surface area contributed by atoms with Crippen LogP contribution in [-0.4, -0.2) is 45.7 Å². The van der Waals surface area contributed by atoms with Gasteiger partial charge in [-0.05, 0) is 25.5 Å². The zero-order chi connectivity index (χ0) is 18.7. The topological polar surface area (TPSA) is 80.2 Å². The van der Waals surface area contributed by atoms with Gasteiger partial charge in [0.05, 0.1) is 18.8 Å². The quantitative estimate of drug-likeness (QED) is 0.865. The molecule has 0 bridgehead atoms. The first kappa shape index (κ1) is 18.7. The van der Waals surface area contributed by atoms with Crippen LogP contribution in [0.25, 0.3) is 0 Å². The van der Waals surface area contributed by atoms with E-state index in [0.717, 1.165) is 33.6 Å². The maximum Gasteiger partial charge on any atom is 0.225 e. The number of carbonyl (C=O) groups excluding carboxylic acids is 1. The molecule has 1 saturated heterocycles. The van der Waals surface area contributed by atoms with Gasteiger partial charge in [0, 0.05) is 23.8 Å². The summed E-state index contributed by atoms with van der Waals surface area (Å²) in [6.07, 6.45) is 0.655. The van der Waals surface area contributed by atoms with Gasteiger partial charge in [-0.3, -0.25) is 9.78 Å². The predicted molar refractivity (Wildman–Crippen MR) is 102 cm³/mol. The fraction of sp³-hybridized carbons (Fsp3) is 0.556. The fourth-order valence-corrected chi connectivity index (χ4v) is 3.60. The smallest absolute Gasteiger partial charge is 0.225 e. The SMILES string of the molecule is CCc1nnc(Nc2cc(C)nc([C@@H]3CN(C(=O)C(C)C)CCO3)c2)s1. The third-order valence-electron chi connectivity index (χ3n) is 4.20. The minimum absolute atomic E-state index is 0.0124. The van der Waals surface area contributed by atoms with Crippen LogP contribution in [0.3, 0.4) is 0 Å². The fourth-order valence-electron chi connectivity index (χ4n) is 2.90. The van der Waals surface area contributed by atoms with Crippen molar-refractivity contribution < 1.29 is 9.53 Å². The molecule has 8 heteroatoms. The summed E-state index contributed by atoms with van der Waals surface area (Å²) in [7, 11) is 0. The normalized spacial score (nSPS) is 17.6. The number of aromatic nitrogens is 3. The van der Waals surface area contributed by atoms with Gasteiger partial charge in [-0.15, -0.1) is 10.2 Å². The van der Waals surface area contributed by atoms with Gasteiger partial charge in [0.25, 0.3) is 0 Å².